The zero-order chi connectivity index (χ0) is 19.4. The fourth-order valence-corrected chi connectivity index (χ4v) is 5.08. The van der Waals surface area contributed by atoms with Crippen molar-refractivity contribution in [2.45, 2.75) is 91.0 Å². The van der Waals surface area contributed by atoms with Gasteiger partial charge < -0.3 is 9.16 Å². The number of allylic oxidation sites excluding steroid dienone is 3. The van der Waals surface area contributed by atoms with E-state index in [0.717, 1.165) is 19.6 Å². The Morgan fingerprint density at radius 2 is 1.96 bits per heavy atom. The summed E-state index contributed by atoms with van der Waals surface area (Å²) >= 11 is 0. The van der Waals surface area contributed by atoms with E-state index < -0.39 is 8.32 Å². The molecule has 3 heteroatoms. The van der Waals surface area contributed by atoms with E-state index in [9.17, 15) is 0 Å². The van der Waals surface area contributed by atoms with Gasteiger partial charge in [-0.1, -0.05) is 52.3 Å². The minimum atomic E-state index is -1.61. The van der Waals surface area contributed by atoms with E-state index in [1.807, 2.05) is 0 Å². The molecule has 1 aliphatic carbocycles. The van der Waals surface area contributed by atoms with Gasteiger partial charge >= 0.3 is 0 Å². The lowest BCUT2D eigenvalue weighted by atomic mass is 9.79. The van der Waals surface area contributed by atoms with Crippen LogP contribution in [0.4, 0.5) is 0 Å². The van der Waals surface area contributed by atoms with Crippen LogP contribution in [0.3, 0.4) is 0 Å². The molecule has 150 valence electrons. The molecule has 2 nitrogen and oxygen atoms in total. The first-order valence-corrected chi connectivity index (χ1v) is 13.7. The van der Waals surface area contributed by atoms with E-state index in [4.69, 9.17) is 9.16 Å². The van der Waals surface area contributed by atoms with Crippen LogP contribution < -0.4 is 0 Å². The third-order valence-corrected chi connectivity index (χ3v) is 11.3. The molecule has 0 N–H and O–H groups in total. The monoisotopic (exact) mass is 378 g/mol. The van der Waals surface area contributed by atoms with Crippen molar-refractivity contribution in [3.63, 3.8) is 0 Å². The summed E-state index contributed by atoms with van der Waals surface area (Å²) in [5.41, 5.74) is 1.57. The summed E-state index contributed by atoms with van der Waals surface area (Å²) in [5, 5.41) is 0.302. The van der Waals surface area contributed by atoms with Gasteiger partial charge in [0.25, 0.3) is 0 Å². The number of fused-ring (bicyclic) bond motifs is 1. The summed E-state index contributed by atoms with van der Waals surface area (Å²) in [6, 6.07) is 0. The zero-order valence-electron chi connectivity index (χ0n) is 18.3. The van der Waals surface area contributed by atoms with E-state index in [1.165, 1.54) is 25.7 Å². The lowest BCUT2D eigenvalue weighted by Crippen LogP contribution is -2.41. The van der Waals surface area contributed by atoms with Crippen molar-refractivity contribution in [1.29, 1.82) is 0 Å². The molecule has 0 aromatic rings. The Balaban J connectivity index is 1.93. The first-order valence-electron chi connectivity index (χ1n) is 10.8. The van der Waals surface area contributed by atoms with Gasteiger partial charge in [0.2, 0.25) is 0 Å². The molecule has 0 aromatic heterocycles. The first kappa shape index (κ1) is 21.9. The second kappa shape index (κ2) is 9.21. The van der Waals surface area contributed by atoms with Crippen LogP contribution in [0.5, 0.6) is 0 Å². The van der Waals surface area contributed by atoms with E-state index in [1.54, 1.807) is 5.57 Å². The maximum atomic E-state index is 6.37. The van der Waals surface area contributed by atoms with Gasteiger partial charge in [0.1, 0.15) is 0 Å². The lowest BCUT2D eigenvalue weighted by molar-refractivity contribution is 0.122. The molecule has 0 amide bonds. The standard InChI is InChI=1S/C23H42O2Si/c1-8-11-20-14-9-12-19(16-21-18(2)24-17-22(20)21)13-10-15-25-26(6,7)23(3,4)5/h9,14,16,18-20,22H,8,10-13,15,17H2,1-7H3/b14-9-,21-16-/t18-,19+,20-,22+/m1/s1. The fraction of sp³-hybridized carbons (Fsp3) is 0.826. The molecule has 0 unspecified atom stereocenters. The van der Waals surface area contributed by atoms with Crippen LogP contribution in [0.25, 0.3) is 0 Å². The van der Waals surface area contributed by atoms with Crippen molar-refractivity contribution in [1.82, 2.24) is 0 Å². The third-order valence-electron chi connectivity index (χ3n) is 6.80. The Hall–Kier alpha value is -0.383. The third kappa shape index (κ3) is 5.56. The number of rotatable bonds is 7. The topological polar surface area (TPSA) is 18.5 Å². The van der Waals surface area contributed by atoms with Crippen molar-refractivity contribution >= 4 is 8.32 Å². The van der Waals surface area contributed by atoms with Crippen molar-refractivity contribution in [3.8, 4) is 0 Å². The zero-order valence-corrected chi connectivity index (χ0v) is 19.3. The van der Waals surface area contributed by atoms with Crippen LogP contribution in [-0.2, 0) is 9.16 Å². The van der Waals surface area contributed by atoms with Gasteiger partial charge in [-0.15, -0.1) is 0 Å². The maximum absolute atomic E-state index is 6.37. The molecule has 2 rings (SSSR count). The summed E-state index contributed by atoms with van der Waals surface area (Å²) in [4.78, 5) is 0. The van der Waals surface area contributed by atoms with Crippen LogP contribution >= 0.6 is 0 Å². The number of ether oxygens (including phenoxy) is 1. The summed E-state index contributed by atoms with van der Waals surface area (Å²) in [6.07, 6.45) is 13.9. The quantitative estimate of drug-likeness (QED) is 0.277. The molecule has 0 aromatic carbocycles. The molecule has 2 aliphatic rings. The maximum Gasteiger partial charge on any atom is 0.191 e. The average molecular weight is 379 g/mol. The highest BCUT2D eigenvalue weighted by atomic mass is 28.4. The SMILES string of the molecule is CCC[C@@H]1/C=C\C[C@@H](CCCO[Si](C)(C)C(C)(C)C)/C=C2\[C@H]1CO[C@@H]2C. The normalized spacial score (nSPS) is 33.1. The van der Waals surface area contributed by atoms with Gasteiger partial charge in [-0.25, -0.2) is 0 Å². The Morgan fingerprint density at radius 1 is 1.23 bits per heavy atom. The second-order valence-corrected chi connectivity index (χ2v) is 14.7. The molecular weight excluding hydrogens is 336 g/mol. The smallest absolute Gasteiger partial charge is 0.191 e. The van der Waals surface area contributed by atoms with Crippen LogP contribution in [0.2, 0.25) is 18.1 Å². The number of hydrogen-bond donors (Lipinski definition) is 0. The minimum absolute atomic E-state index is 0.302. The molecule has 1 heterocycles. The molecular formula is C23H42O2Si. The number of hydrogen-bond acceptors (Lipinski definition) is 2. The van der Waals surface area contributed by atoms with Crippen LogP contribution in [-0.4, -0.2) is 27.6 Å². The van der Waals surface area contributed by atoms with E-state index in [2.05, 4.69) is 65.9 Å². The van der Waals surface area contributed by atoms with Gasteiger partial charge in [-0.05, 0) is 68.1 Å². The lowest BCUT2D eigenvalue weighted by Gasteiger charge is -2.36. The Labute approximate surface area is 163 Å². The Morgan fingerprint density at radius 3 is 2.62 bits per heavy atom. The Kier molecular flexibility index (Phi) is 7.76. The van der Waals surface area contributed by atoms with E-state index in [0.29, 0.717) is 28.9 Å². The van der Waals surface area contributed by atoms with Crippen LogP contribution in [0.1, 0.15) is 66.7 Å². The molecule has 0 saturated carbocycles. The molecule has 4 atom stereocenters. The van der Waals surface area contributed by atoms with Crippen LogP contribution in [0, 0.1) is 17.8 Å². The molecule has 0 spiro atoms. The highest BCUT2D eigenvalue weighted by Gasteiger charge is 2.37. The highest BCUT2D eigenvalue weighted by Crippen LogP contribution is 2.39. The van der Waals surface area contributed by atoms with Crippen molar-refractivity contribution in [2.75, 3.05) is 13.2 Å². The molecule has 1 saturated heterocycles. The van der Waals surface area contributed by atoms with Gasteiger partial charge in [-0.2, -0.15) is 0 Å². The Bertz CT molecular complexity index is 501. The molecule has 1 aliphatic heterocycles. The van der Waals surface area contributed by atoms with E-state index in [-0.39, 0.29) is 0 Å². The molecule has 0 radical (unpaired) electrons. The molecule has 1 fully saturated rings. The summed E-state index contributed by atoms with van der Waals surface area (Å²) in [5.74, 6) is 1.91. The minimum Gasteiger partial charge on any atom is -0.417 e. The van der Waals surface area contributed by atoms with Crippen molar-refractivity contribution in [2.24, 2.45) is 17.8 Å². The first-order chi connectivity index (χ1) is 12.2. The van der Waals surface area contributed by atoms with Gasteiger partial charge in [0.05, 0.1) is 12.7 Å². The fourth-order valence-electron chi connectivity index (χ4n) is 4.00. The molecule has 0 bridgehead atoms. The predicted molar refractivity (Wildman–Crippen MR) is 115 cm³/mol. The second-order valence-electron chi connectivity index (χ2n) is 9.88. The summed E-state index contributed by atoms with van der Waals surface area (Å²) < 4.78 is 12.4. The van der Waals surface area contributed by atoms with Gasteiger partial charge in [0, 0.05) is 12.5 Å². The highest BCUT2D eigenvalue weighted by molar-refractivity contribution is 6.74. The van der Waals surface area contributed by atoms with E-state index >= 15 is 0 Å². The largest absolute Gasteiger partial charge is 0.417 e. The molecule has 26 heavy (non-hydrogen) atoms. The summed E-state index contributed by atoms with van der Waals surface area (Å²) in [6.45, 7) is 18.0. The predicted octanol–water partition coefficient (Wildman–Crippen LogP) is 6.74. The van der Waals surface area contributed by atoms with Gasteiger partial charge in [-0.3, -0.25) is 0 Å². The van der Waals surface area contributed by atoms with Crippen molar-refractivity contribution in [3.05, 3.63) is 23.8 Å². The van der Waals surface area contributed by atoms with Gasteiger partial charge in [0.15, 0.2) is 8.32 Å². The average Bonchev–Trinajstić information content (AvgIpc) is 2.87. The van der Waals surface area contributed by atoms with Crippen molar-refractivity contribution < 1.29 is 9.16 Å². The summed E-state index contributed by atoms with van der Waals surface area (Å²) in [7, 11) is -1.61. The van der Waals surface area contributed by atoms with Crippen LogP contribution in [0.15, 0.2) is 23.8 Å².